The fourth-order valence-corrected chi connectivity index (χ4v) is 3.33. The van der Waals surface area contributed by atoms with Crippen molar-refractivity contribution >= 4 is 11.6 Å². The summed E-state index contributed by atoms with van der Waals surface area (Å²) in [6.45, 7) is 0. The van der Waals surface area contributed by atoms with Gasteiger partial charge in [-0.05, 0) is 86.2 Å². The van der Waals surface area contributed by atoms with Crippen molar-refractivity contribution in [3.63, 3.8) is 0 Å². The smallest absolute Gasteiger partial charge is 0.255 e. The topological polar surface area (TPSA) is 51.2 Å². The Morgan fingerprint density at radius 3 is 2.55 bits per heavy atom. The summed E-state index contributed by atoms with van der Waals surface area (Å²) >= 11 is 0. The van der Waals surface area contributed by atoms with Gasteiger partial charge in [-0.15, -0.1) is 0 Å². The summed E-state index contributed by atoms with van der Waals surface area (Å²) in [5.41, 5.74) is 2.82. The van der Waals surface area contributed by atoms with E-state index in [0.717, 1.165) is 24.2 Å². The van der Waals surface area contributed by atoms with Crippen LogP contribution in [0.5, 0.6) is 5.75 Å². The van der Waals surface area contributed by atoms with E-state index in [4.69, 9.17) is 4.74 Å². The molecule has 1 aliphatic rings. The maximum absolute atomic E-state index is 12.6. The van der Waals surface area contributed by atoms with Gasteiger partial charge in [0, 0.05) is 23.0 Å². The number of carbonyl (C=O) groups excluding carboxylic acids is 1. The molecule has 1 saturated carbocycles. The second-order valence-corrected chi connectivity index (χ2v) is 7.05. The van der Waals surface area contributed by atoms with Crippen LogP contribution in [-0.4, -0.2) is 17.0 Å². The van der Waals surface area contributed by atoms with E-state index in [2.05, 4.69) is 22.1 Å². The molecule has 0 radical (unpaired) electrons. The lowest BCUT2D eigenvalue weighted by Crippen LogP contribution is -2.13. The van der Waals surface area contributed by atoms with E-state index in [-0.39, 0.29) is 5.91 Å². The summed E-state index contributed by atoms with van der Waals surface area (Å²) in [6.07, 6.45) is 6.71. The van der Waals surface area contributed by atoms with Gasteiger partial charge in [-0.3, -0.25) is 4.79 Å². The monoisotopic (exact) mass is 382 g/mol. The summed E-state index contributed by atoms with van der Waals surface area (Å²) < 4.78 is 5.96. The number of benzene rings is 2. The average Bonchev–Trinajstić information content (AvgIpc) is 3.27. The predicted molar refractivity (Wildman–Crippen MR) is 114 cm³/mol. The molecule has 144 valence electrons. The first-order valence-electron chi connectivity index (χ1n) is 9.87. The standard InChI is InChI=1S/C25H22N2O2/c28-25(20-12-15-24(16-13-20)29-23-9-1-2-10-23)27-22-8-5-6-19(18-22)11-14-21-7-3-4-17-26-21/h3-8,12-13,15-18,23H,1-2,9-10H2,(H,27,28). The van der Waals surface area contributed by atoms with Crippen LogP contribution in [0.4, 0.5) is 5.69 Å². The minimum absolute atomic E-state index is 0.160. The van der Waals surface area contributed by atoms with Gasteiger partial charge in [-0.25, -0.2) is 4.98 Å². The lowest BCUT2D eigenvalue weighted by Gasteiger charge is -2.13. The Labute approximate surface area is 171 Å². The molecule has 29 heavy (non-hydrogen) atoms. The third-order valence-electron chi connectivity index (χ3n) is 4.84. The maximum Gasteiger partial charge on any atom is 0.255 e. The maximum atomic E-state index is 12.6. The van der Waals surface area contributed by atoms with Gasteiger partial charge < -0.3 is 10.1 Å². The molecule has 1 aromatic heterocycles. The molecule has 0 aliphatic heterocycles. The van der Waals surface area contributed by atoms with Crippen molar-refractivity contribution in [2.75, 3.05) is 5.32 Å². The molecule has 1 heterocycles. The minimum Gasteiger partial charge on any atom is -0.490 e. The molecule has 0 saturated heterocycles. The number of amides is 1. The Morgan fingerprint density at radius 2 is 1.79 bits per heavy atom. The number of aromatic nitrogens is 1. The molecule has 4 nitrogen and oxygen atoms in total. The van der Waals surface area contributed by atoms with Crippen molar-refractivity contribution < 1.29 is 9.53 Å². The molecule has 1 aliphatic carbocycles. The Kier molecular flexibility index (Phi) is 5.87. The number of nitrogens with one attached hydrogen (secondary N) is 1. The zero-order valence-corrected chi connectivity index (χ0v) is 16.1. The van der Waals surface area contributed by atoms with Crippen LogP contribution in [0.2, 0.25) is 0 Å². The molecular formula is C25H22N2O2. The first kappa shape index (κ1) is 18.8. The van der Waals surface area contributed by atoms with Gasteiger partial charge in [0.15, 0.2) is 0 Å². The van der Waals surface area contributed by atoms with Crippen molar-refractivity contribution in [3.05, 3.63) is 89.7 Å². The number of rotatable bonds is 4. The van der Waals surface area contributed by atoms with Gasteiger partial charge in [0.2, 0.25) is 0 Å². The SMILES string of the molecule is O=C(Nc1cccc(C#Cc2ccccn2)c1)c1ccc(OC2CCCC2)cc1. The highest BCUT2D eigenvalue weighted by Gasteiger charge is 2.16. The summed E-state index contributed by atoms with van der Waals surface area (Å²) in [5, 5.41) is 2.93. The molecule has 1 N–H and O–H groups in total. The van der Waals surface area contributed by atoms with Gasteiger partial charge in [-0.2, -0.15) is 0 Å². The number of carbonyl (C=O) groups is 1. The van der Waals surface area contributed by atoms with E-state index in [1.807, 2.05) is 54.6 Å². The molecule has 0 unspecified atom stereocenters. The van der Waals surface area contributed by atoms with Crippen LogP contribution in [0.1, 0.15) is 47.3 Å². The molecule has 2 aromatic carbocycles. The fourth-order valence-electron chi connectivity index (χ4n) is 3.33. The number of nitrogens with zero attached hydrogens (tertiary/aromatic N) is 1. The van der Waals surface area contributed by atoms with Gasteiger partial charge in [0.25, 0.3) is 5.91 Å². The van der Waals surface area contributed by atoms with Crippen LogP contribution < -0.4 is 10.1 Å². The molecule has 4 heteroatoms. The fraction of sp³-hybridized carbons (Fsp3) is 0.200. The second kappa shape index (κ2) is 9.07. The summed E-state index contributed by atoms with van der Waals surface area (Å²) in [6, 6.07) is 20.4. The third kappa shape index (κ3) is 5.24. The Bertz CT molecular complexity index is 1030. The molecule has 3 aromatic rings. The number of hydrogen-bond donors (Lipinski definition) is 1. The quantitative estimate of drug-likeness (QED) is 0.642. The van der Waals surface area contributed by atoms with E-state index in [9.17, 15) is 4.79 Å². The zero-order valence-electron chi connectivity index (χ0n) is 16.1. The van der Waals surface area contributed by atoms with Gasteiger partial charge in [0.05, 0.1) is 6.10 Å². The lowest BCUT2D eigenvalue weighted by molar-refractivity contribution is 0.102. The van der Waals surface area contributed by atoms with Crippen LogP contribution in [-0.2, 0) is 0 Å². The van der Waals surface area contributed by atoms with E-state index >= 15 is 0 Å². The van der Waals surface area contributed by atoms with Crippen molar-refractivity contribution in [2.24, 2.45) is 0 Å². The van der Waals surface area contributed by atoms with Crippen molar-refractivity contribution in [2.45, 2.75) is 31.8 Å². The highest BCUT2D eigenvalue weighted by molar-refractivity contribution is 6.04. The first-order valence-corrected chi connectivity index (χ1v) is 9.87. The van der Waals surface area contributed by atoms with Crippen molar-refractivity contribution in [1.29, 1.82) is 0 Å². The number of pyridine rings is 1. The zero-order chi connectivity index (χ0) is 19.9. The Hall–Kier alpha value is -3.58. The molecule has 1 fully saturated rings. The molecule has 1 amide bonds. The summed E-state index contributed by atoms with van der Waals surface area (Å²) in [5.74, 6) is 6.76. The minimum atomic E-state index is -0.160. The Balaban J connectivity index is 1.40. The molecule has 0 spiro atoms. The highest BCUT2D eigenvalue weighted by atomic mass is 16.5. The van der Waals surface area contributed by atoms with E-state index in [1.165, 1.54) is 12.8 Å². The van der Waals surface area contributed by atoms with Crippen LogP contribution in [0.15, 0.2) is 72.9 Å². The van der Waals surface area contributed by atoms with Crippen molar-refractivity contribution in [3.8, 4) is 17.6 Å². The van der Waals surface area contributed by atoms with Crippen LogP contribution in [0.25, 0.3) is 0 Å². The van der Waals surface area contributed by atoms with Gasteiger partial charge in [0.1, 0.15) is 11.4 Å². The van der Waals surface area contributed by atoms with Gasteiger partial charge in [-0.1, -0.05) is 18.1 Å². The second-order valence-electron chi connectivity index (χ2n) is 7.05. The highest BCUT2D eigenvalue weighted by Crippen LogP contribution is 2.24. The molecule has 0 atom stereocenters. The third-order valence-corrected chi connectivity index (χ3v) is 4.84. The predicted octanol–water partition coefficient (Wildman–Crippen LogP) is 5.06. The van der Waals surface area contributed by atoms with E-state index in [0.29, 0.717) is 23.0 Å². The van der Waals surface area contributed by atoms with Crippen LogP contribution in [0.3, 0.4) is 0 Å². The van der Waals surface area contributed by atoms with E-state index in [1.54, 1.807) is 18.3 Å². The molecule has 0 bridgehead atoms. The number of hydrogen-bond acceptors (Lipinski definition) is 3. The van der Waals surface area contributed by atoms with Crippen LogP contribution >= 0.6 is 0 Å². The normalized spacial score (nSPS) is 13.4. The molecular weight excluding hydrogens is 360 g/mol. The number of anilines is 1. The van der Waals surface area contributed by atoms with Crippen LogP contribution in [0, 0.1) is 11.8 Å². The number of ether oxygens (including phenoxy) is 1. The summed E-state index contributed by atoms with van der Waals surface area (Å²) in [7, 11) is 0. The largest absolute Gasteiger partial charge is 0.490 e. The van der Waals surface area contributed by atoms with Gasteiger partial charge >= 0.3 is 0 Å². The average molecular weight is 382 g/mol. The lowest BCUT2D eigenvalue weighted by atomic mass is 10.1. The van der Waals surface area contributed by atoms with Crippen molar-refractivity contribution in [1.82, 2.24) is 4.98 Å². The first-order chi connectivity index (χ1) is 14.3. The van der Waals surface area contributed by atoms with E-state index < -0.39 is 0 Å². The molecule has 4 rings (SSSR count). The Morgan fingerprint density at radius 1 is 0.966 bits per heavy atom. The summed E-state index contributed by atoms with van der Waals surface area (Å²) in [4.78, 5) is 16.8.